The second-order valence-electron chi connectivity index (χ2n) is 4.37. The standard InChI is InChI=1S/C13H11F3N4O2S3/c1-23-12-19-20-13(25-12)24-5-9(22)17-4-8(21)18-7-3-2-6(14)10(15)11(7)16/h2-3H,4-5H2,1H3,(H,17,22)(H,18,21). The number of rotatable bonds is 7. The van der Waals surface area contributed by atoms with E-state index in [1.54, 1.807) is 0 Å². The predicted octanol–water partition coefficient (Wildman–Crippen LogP) is 2.52. The van der Waals surface area contributed by atoms with Crippen LogP contribution in [0.2, 0.25) is 0 Å². The summed E-state index contributed by atoms with van der Waals surface area (Å²) in [5, 5.41) is 12.1. The number of halogens is 3. The second-order valence-corrected chi connectivity index (χ2v) is 7.63. The number of hydrogen-bond donors (Lipinski definition) is 2. The van der Waals surface area contributed by atoms with Crippen molar-refractivity contribution in [2.45, 2.75) is 8.68 Å². The minimum Gasteiger partial charge on any atom is -0.346 e. The highest BCUT2D eigenvalue weighted by atomic mass is 32.2. The molecule has 2 amide bonds. The van der Waals surface area contributed by atoms with E-state index in [-0.39, 0.29) is 5.75 Å². The van der Waals surface area contributed by atoms with Crippen LogP contribution >= 0.6 is 34.9 Å². The average molecular weight is 408 g/mol. The van der Waals surface area contributed by atoms with E-state index in [0.29, 0.717) is 10.4 Å². The maximum absolute atomic E-state index is 13.4. The van der Waals surface area contributed by atoms with Crippen molar-refractivity contribution in [1.82, 2.24) is 15.5 Å². The molecule has 0 fully saturated rings. The number of carbonyl (C=O) groups excluding carboxylic acids is 2. The molecule has 1 aromatic carbocycles. The van der Waals surface area contributed by atoms with E-state index in [9.17, 15) is 22.8 Å². The average Bonchev–Trinajstić information content (AvgIpc) is 3.07. The molecule has 6 nitrogen and oxygen atoms in total. The Hall–Kier alpha value is -1.79. The molecule has 0 aliphatic rings. The van der Waals surface area contributed by atoms with Crippen molar-refractivity contribution in [1.29, 1.82) is 0 Å². The van der Waals surface area contributed by atoms with Crippen LogP contribution in [0.25, 0.3) is 0 Å². The molecule has 12 heteroatoms. The Bertz CT molecular complexity index is 788. The smallest absolute Gasteiger partial charge is 0.243 e. The van der Waals surface area contributed by atoms with Crippen LogP contribution in [0.3, 0.4) is 0 Å². The van der Waals surface area contributed by atoms with Crippen LogP contribution in [-0.2, 0) is 9.59 Å². The summed E-state index contributed by atoms with van der Waals surface area (Å²) >= 11 is 3.94. The van der Waals surface area contributed by atoms with Crippen LogP contribution in [0.4, 0.5) is 18.9 Å². The van der Waals surface area contributed by atoms with Crippen molar-refractivity contribution in [2.75, 3.05) is 23.9 Å². The minimum atomic E-state index is -1.68. The Labute approximate surface area is 153 Å². The molecule has 0 atom stereocenters. The zero-order valence-electron chi connectivity index (χ0n) is 12.6. The van der Waals surface area contributed by atoms with E-state index in [1.165, 1.54) is 23.1 Å². The van der Waals surface area contributed by atoms with Gasteiger partial charge in [0.05, 0.1) is 18.0 Å². The molecule has 0 unspecified atom stereocenters. The monoisotopic (exact) mass is 408 g/mol. The summed E-state index contributed by atoms with van der Waals surface area (Å²) in [7, 11) is 0. The molecule has 0 spiro atoms. The number of hydrogen-bond acceptors (Lipinski definition) is 7. The number of benzene rings is 1. The number of thioether (sulfide) groups is 2. The summed E-state index contributed by atoms with van der Waals surface area (Å²) < 4.78 is 40.7. The van der Waals surface area contributed by atoms with Crippen molar-refractivity contribution >= 4 is 52.4 Å². The van der Waals surface area contributed by atoms with Gasteiger partial charge >= 0.3 is 0 Å². The Morgan fingerprint density at radius 3 is 2.52 bits per heavy atom. The molecule has 2 aromatic rings. The first-order chi connectivity index (χ1) is 11.9. The molecule has 0 bridgehead atoms. The lowest BCUT2D eigenvalue weighted by Crippen LogP contribution is -2.34. The fourth-order valence-electron chi connectivity index (χ4n) is 1.51. The van der Waals surface area contributed by atoms with Gasteiger partial charge in [0.2, 0.25) is 11.8 Å². The van der Waals surface area contributed by atoms with Gasteiger partial charge < -0.3 is 10.6 Å². The van der Waals surface area contributed by atoms with Crippen LogP contribution in [0.5, 0.6) is 0 Å². The molecule has 0 radical (unpaired) electrons. The third kappa shape index (κ3) is 5.61. The first-order valence-corrected chi connectivity index (χ1v) is 9.63. The minimum absolute atomic E-state index is 0.0236. The molecule has 2 N–H and O–H groups in total. The fraction of sp³-hybridized carbons (Fsp3) is 0.231. The molecule has 0 aliphatic carbocycles. The van der Waals surface area contributed by atoms with Crippen molar-refractivity contribution < 1.29 is 22.8 Å². The number of nitrogens with zero attached hydrogens (tertiary/aromatic N) is 2. The number of aromatic nitrogens is 2. The van der Waals surface area contributed by atoms with Gasteiger partial charge in [0, 0.05) is 0 Å². The second kappa shape index (κ2) is 9.06. The van der Waals surface area contributed by atoms with Gasteiger partial charge in [0.1, 0.15) is 0 Å². The van der Waals surface area contributed by atoms with Crippen LogP contribution in [0.15, 0.2) is 20.8 Å². The van der Waals surface area contributed by atoms with Crippen LogP contribution in [0, 0.1) is 17.5 Å². The zero-order valence-corrected chi connectivity index (χ0v) is 15.1. The summed E-state index contributed by atoms with van der Waals surface area (Å²) in [6, 6.07) is 1.58. The van der Waals surface area contributed by atoms with Gasteiger partial charge in [-0.05, 0) is 18.4 Å². The molecule has 25 heavy (non-hydrogen) atoms. The third-order valence-electron chi connectivity index (χ3n) is 2.64. The lowest BCUT2D eigenvalue weighted by molar-refractivity contribution is -0.122. The fourth-order valence-corrected chi connectivity index (χ4v) is 3.78. The predicted molar refractivity (Wildman–Crippen MR) is 90.4 cm³/mol. The number of amides is 2. The quantitative estimate of drug-likeness (QED) is 0.541. The molecule has 0 saturated carbocycles. The molecule has 1 heterocycles. The normalized spacial score (nSPS) is 10.6. The lowest BCUT2D eigenvalue weighted by Gasteiger charge is -2.08. The van der Waals surface area contributed by atoms with Gasteiger partial charge in [0.15, 0.2) is 26.1 Å². The van der Waals surface area contributed by atoms with Crippen LogP contribution in [0.1, 0.15) is 0 Å². The number of anilines is 1. The molecular weight excluding hydrogens is 397 g/mol. The highest BCUT2D eigenvalue weighted by Gasteiger charge is 2.15. The zero-order chi connectivity index (χ0) is 18.4. The highest BCUT2D eigenvalue weighted by Crippen LogP contribution is 2.27. The summed E-state index contributed by atoms with van der Waals surface area (Å²) in [6.07, 6.45) is 1.86. The number of carbonyl (C=O) groups is 2. The van der Waals surface area contributed by atoms with Gasteiger partial charge in [-0.2, -0.15) is 0 Å². The van der Waals surface area contributed by atoms with Crippen molar-refractivity contribution in [3.8, 4) is 0 Å². The van der Waals surface area contributed by atoms with Crippen molar-refractivity contribution in [2.24, 2.45) is 0 Å². The summed E-state index contributed by atoms with van der Waals surface area (Å²) in [6.45, 7) is -0.440. The van der Waals surface area contributed by atoms with E-state index >= 15 is 0 Å². The van der Waals surface area contributed by atoms with E-state index < -0.39 is 41.5 Å². The molecule has 2 rings (SSSR count). The van der Waals surface area contributed by atoms with E-state index in [2.05, 4.69) is 20.8 Å². The maximum Gasteiger partial charge on any atom is 0.243 e. The molecule has 0 aliphatic heterocycles. The lowest BCUT2D eigenvalue weighted by atomic mass is 10.2. The largest absolute Gasteiger partial charge is 0.346 e. The summed E-state index contributed by atoms with van der Waals surface area (Å²) in [5.74, 6) is -5.73. The molecule has 1 aromatic heterocycles. The van der Waals surface area contributed by atoms with Gasteiger partial charge in [0.25, 0.3) is 0 Å². The third-order valence-corrected chi connectivity index (χ3v) is 5.68. The molecular formula is C13H11F3N4O2S3. The van der Waals surface area contributed by atoms with Gasteiger partial charge in [-0.1, -0.05) is 34.9 Å². The van der Waals surface area contributed by atoms with Gasteiger partial charge in [-0.25, -0.2) is 13.2 Å². The van der Waals surface area contributed by atoms with Crippen LogP contribution < -0.4 is 10.6 Å². The van der Waals surface area contributed by atoms with Gasteiger partial charge in [-0.15, -0.1) is 10.2 Å². The number of nitrogens with one attached hydrogen (secondary N) is 2. The van der Waals surface area contributed by atoms with Gasteiger partial charge in [-0.3, -0.25) is 9.59 Å². The summed E-state index contributed by atoms with van der Waals surface area (Å²) in [4.78, 5) is 23.3. The topological polar surface area (TPSA) is 84.0 Å². The van der Waals surface area contributed by atoms with Crippen molar-refractivity contribution in [3.05, 3.63) is 29.6 Å². The first-order valence-electron chi connectivity index (χ1n) is 6.61. The maximum atomic E-state index is 13.4. The van der Waals surface area contributed by atoms with Crippen molar-refractivity contribution in [3.63, 3.8) is 0 Å². The molecule has 134 valence electrons. The Kier molecular flexibility index (Phi) is 7.08. The van der Waals surface area contributed by atoms with E-state index in [0.717, 1.165) is 22.2 Å². The summed E-state index contributed by atoms with van der Waals surface area (Å²) in [5.41, 5.74) is -0.508. The van der Waals surface area contributed by atoms with E-state index in [4.69, 9.17) is 0 Å². The SMILES string of the molecule is CSc1nnc(SCC(=O)NCC(=O)Nc2ccc(F)c(F)c2F)s1. The Morgan fingerprint density at radius 2 is 1.84 bits per heavy atom. The molecule has 0 saturated heterocycles. The highest BCUT2D eigenvalue weighted by molar-refractivity contribution is 8.03. The first kappa shape index (κ1) is 19.5. The Balaban J connectivity index is 1.77. The Morgan fingerprint density at radius 1 is 1.12 bits per heavy atom. The van der Waals surface area contributed by atoms with Crippen LogP contribution in [-0.4, -0.2) is 40.6 Å². The van der Waals surface area contributed by atoms with E-state index in [1.807, 2.05) is 6.26 Å².